The van der Waals surface area contributed by atoms with E-state index in [1.165, 1.54) is 18.2 Å². The van der Waals surface area contributed by atoms with Gasteiger partial charge in [-0.15, -0.1) is 0 Å². The first-order chi connectivity index (χ1) is 10.2. The molecule has 2 aromatic rings. The molecule has 0 aliphatic heterocycles. The van der Waals surface area contributed by atoms with E-state index in [2.05, 4.69) is 10.6 Å². The number of hydrogen-bond acceptors (Lipinski definition) is 8. The van der Waals surface area contributed by atoms with Gasteiger partial charge in [-0.2, -0.15) is 0 Å². The Morgan fingerprint density at radius 1 is 0.864 bits per heavy atom. The Bertz CT molecular complexity index is 679. The third-order valence-corrected chi connectivity index (χ3v) is 3.00. The molecule has 0 amide bonds. The van der Waals surface area contributed by atoms with Crippen molar-refractivity contribution in [2.24, 2.45) is 5.73 Å². The largest absolute Gasteiger partial charge is 0.506 e. The fourth-order valence-electron chi connectivity index (χ4n) is 2.02. The van der Waals surface area contributed by atoms with Gasteiger partial charge >= 0.3 is 0 Å². The highest BCUT2D eigenvalue weighted by atomic mass is 16.3. The van der Waals surface area contributed by atoms with Gasteiger partial charge in [0, 0.05) is 11.4 Å². The lowest BCUT2D eigenvalue weighted by Gasteiger charge is -2.30. The van der Waals surface area contributed by atoms with E-state index in [4.69, 9.17) is 22.9 Å². The van der Waals surface area contributed by atoms with Crippen molar-refractivity contribution in [1.29, 1.82) is 0 Å². The van der Waals surface area contributed by atoms with Crippen LogP contribution in [0.1, 0.15) is 6.92 Å². The molecule has 0 aromatic heterocycles. The lowest BCUT2D eigenvalue weighted by molar-refractivity contribution is 0.478. The summed E-state index contributed by atoms with van der Waals surface area (Å²) in [6.45, 7) is 1.69. The molecule has 0 aliphatic carbocycles. The van der Waals surface area contributed by atoms with E-state index in [0.717, 1.165) is 0 Å². The summed E-state index contributed by atoms with van der Waals surface area (Å²) in [4.78, 5) is 0. The topological polar surface area (TPSA) is 169 Å². The van der Waals surface area contributed by atoms with Crippen LogP contribution in [-0.4, -0.2) is 16.0 Å². The predicted octanol–water partition coefficient (Wildman–Crippen LogP) is 1.00. The Kier molecular flexibility index (Phi) is 3.79. The van der Waals surface area contributed by atoms with Crippen molar-refractivity contribution in [2.75, 3.05) is 27.8 Å². The normalized spacial score (nSPS) is 13.4. The quantitative estimate of drug-likeness (QED) is 0.179. The summed E-state index contributed by atoms with van der Waals surface area (Å²) in [6.07, 6.45) is 0. The van der Waals surface area contributed by atoms with Crippen molar-refractivity contribution in [2.45, 2.75) is 12.7 Å². The number of benzene rings is 2. The average Bonchev–Trinajstić information content (AvgIpc) is 2.39. The van der Waals surface area contributed by atoms with Crippen molar-refractivity contribution in [3.63, 3.8) is 0 Å². The first-order valence-corrected chi connectivity index (χ1v) is 6.49. The highest BCUT2D eigenvalue weighted by Crippen LogP contribution is 2.32. The zero-order valence-electron chi connectivity index (χ0n) is 12.1. The molecule has 0 saturated carbocycles. The Morgan fingerprint density at radius 3 is 1.91 bits per heavy atom. The van der Waals surface area contributed by atoms with E-state index < -0.39 is 5.79 Å². The van der Waals surface area contributed by atoms with Crippen molar-refractivity contribution < 1.29 is 10.2 Å². The van der Waals surface area contributed by atoms with Crippen molar-refractivity contribution >= 4 is 28.4 Å². The second-order valence-corrected chi connectivity index (χ2v) is 5.23. The molecule has 8 nitrogen and oxygen atoms in total. The van der Waals surface area contributed by atoms with E-state index in [0.29, 0.717) is 11.4 Å². The summed E-state index contributed by atoms with van der Waals surface area (Å²) in [5.41, 5.74) is 24.8. The van der Waals surface area contributed by atoms with E-state index >= 15 is 0 Å². The number of hydrogen-bond donors (Lipinski definition) is 8. The summed E-state index contributed by atoms with van der Waals surface area (Å²) in [5, 5.41) is 25.0. The number of anilines is 5. The molecule has 0 saturated heterocycles. The lowest BCUT2D eigenvalue weighted by Crippen LogP contribution is -2.51. The number of phenolic OH excluding ortho intramolecular Hbond substituents is 2. The van der Waals surface area contributed by atoms with Gasteiger partial charge in [0.05, 0.1) is 17.1 Å². The van der Waals surface area contributed by atoms with Crippen LogP contribution in [0.4, 0.5) is 28.4 Å². The Labute approximate surface area is 127 Å². The zero-order valence-corrected chi connectivity index (χ0v) is 12.1. The first-order valence-electron chi connectivity index (χ1n) is 6.49. The lowest BCUT2D eigenvalue weighted by atomic mass is 10.2. The molecule has 12 N–H and O–H groups in total. The van der Waals surface area contributed by atoms with E-state index in [-0.39, 0.29) is 28.6 Å². The smallest absolute Gasteiger partial charge is 0.161 e. The predicted molar refractivity (Wildman–Crippen MR) is 89.3 cm³/mol. The van der Waals surface area contributed by atoms with Gasteiger partial charge in [0.25, 0.3) is 0 Å². The summed E-state index contributed by atoms with van der Waals surface area (Å²) in [5.74, 6) is -1.22. The molecule has 2 aromatic carbocycles. The van der Waals surface area contributed by atoms with Crippen molar-refractivity contribution in [1.82, 2.24) is 0 Å². The van der Waals surface area contributed by atoms with Crippen LogP contribution in [0, 0.1) is 0 Å². The van der Waals surface area contributed by atoms with Gasteiger partial charge in [-0.1, -0.05) is 0 Å². The van der Waals surface area contributed by atoms with Crippen molar-refractivity contribution in [3.8, 4) is 11.5 Å². The van der Waals surface area contributed by atoms with Crippen molar-refractivity contribution in [3.05, 3.63) is 30.3 Å². The summed E-state index contributed by atoms with van der Waals surface area (Å²) in [6, 6.07) is 7.69. The minimum Gasteiger partial charge on any atom is -0.506 e. The second-order valence-electron chi connectivity index (χ2n) is 5.23. The molecule has 0 bridgehead atoms. The van der Waals surface area contributed by atoms with Crippen LogP contribution in [0.5, 0.6) is 11.5 Å². The van der Waals surface area contributed by atoms with Gasteiger partial charge in [0.2, 0.25) is 0 Å². The molecule has 0 fully saturated rings. The minimum atomic E-state index is -1.06. The maximum atomic E-state index is 9.56. The van der Waals surface area contributed by atoms with E-state index in [1.807, 2.05) is 0 Å². The van der Waals surface area contributed by atoms with Gasteiger partial charge in [-0.3, -0.25) is 5.73 Å². The number of nitrogens with two attached hydrogens (primary N) is 4. The molecule has 0 heterocycles. The Hall–Kier alpha value is -3.00. The van der Waals surface area contributed by atoms with Gasteiger partial charge in [-0.05, 0) is 37.3 Å². The maximum Gasteiger partial charge on any atom is 0.161 e. The molecule has 8 heteroatoms. The molecular weight excluding hydrogens is 284 g/mol. The zero-order chi connectivity index (χ0) is 16.5. The maximum absolute atomic E-state index is 9.56. The molecule has 1 atom stereocenters. The van der Waals surface area contributed by atoms with Crippen LogP contribution in [0.25, 0.3) is 0 Å². The fourth-order valence-corrected chi connectivity index (χ4v) is 2.02. The second kappa shape index (κ2) is 5.41. The summed E-state index contributed by atoms with van der Waals surface area (Å²) in [7, 11) is 0. The number of rotatable bonds is 4. The van der Waals surface area contributed by atoms with Gasteiger partial charge < -0.3 is 38.0 Å². The van der Waals surface area contributed by atoms with Crippen LogP contribution in [0.2, 0.25) is 0 Å². The van der Waals surface area contributed by atoms with Crippen LogP contribution >= 0.6 is 0 Å². The summed E-state index contributed by atoms with van der Waals surface area (Å²) >= 11 is 0. The Morgan fingerprint density at radius 2 is 1.36 bits per heavy atom. The minimum absolute atomic E-state index is 0.00341. The van der Waals surface area contributed by atoms with E-state index in [1.54, 1.807) is 19.1 Å². The molecule has 0 radical (unpaired) electrons. The molecule has 0 spiro atoms. The SMILES string of the molecule is C[C@](N)(Nc1ccc(O)c(N)c1)Nc1cc(N)c(O)c(N)c1. The molecule has 0 aliphatic rings. The number of aromatic hydroxyl groups is 2. The number of nitrogens with one attached hydrogen (secondary N) is 2. The standard InChI is InChI=1S/C14H20N6O2/c1-14(18,19-7-2-3-12(21)9(15)4-7)20-8-5-10(16)13(22)11(17)6-8/h2-6,19-22H,15-18H2,1H3/t14-/m0/s1. The first kappa shape index (κ1) is 15.4. The molecule has 22 heavy (non-hydrogen) atoms. The third kappa shape index (κ3) is 3.36. The third-order valence-electron chi connectivity index (χ3n) is 3.00. The van der Waals surface area contributed by atoms with E-state index in [9.17, 15) is 10.2 Å². The number of phenols is 2. The van der Waals surface area contributed by atoms with Gasteiger partial charge in [-0.25, -0.2) is 0 Å². The van der Waals surface area contributed by atoms with Gasteiger partial charge in [0.15, 0.2) is 11.5 Å². The highest BCUT2D eigenvalue weighted by Gasteiger charge is 2.19. The fraction of sp³-hybridized carbons (Fsp3) is 0.143. The van der Waals surface area contributed by atoms with Gasteiger partial charge in [0.1, 0.15) is 5.75 Å². The molecular formula is C14H20N6O2. The average molecular weight is 304 g/mol. The van der Waals surface area contributed by atoms with Crippen LogP contribution in [-0.2, 0) is 0 Å². The van der Waals surface area contributed by atoms with Crippen LogP contribution < -0.4 is 33.6 Å². The van der Waals surface area contributed by atoms with Crippen LogP contribution in [0.15, 0.2) is 30.3 Å². The number of nitrogen functional groups attached to an aromatic ring is 3. The molecule has 0 unspecified atom stereocenters. The monoisotopic (exact) mass is 304 g/mol. The van der Waals surface area contributed by atoms with Crippen LogP contribution in [0.3, 0.4) is 0 Å². The Balaban J connectivity index is 2.18. The molecule has 2 rings (SSSR count). The highest BCUT2D eigenvalue weighted by molar-refractivity contribution is 5.74. The molecule has 118 valence electrons. The summed E-state index contributed by atoms with van der Waals surface area (Å²) < 4.78 is 0.